The highest BCUT2D eigenvalue weighted by molar-refractivity contribution is 7.98. The van der Waals surface area contributed by atoms with Crippen molar-refractivity contribution in [1.29, 1.82) is 0 Å². The SMILES string of the molecule is C[C@@H](N1SCC(c2ccc(N3CCN(c4ccc(OCC(F)(F)C(F)F)cc4)CC3)cc2)C1=O)[C@@]1(c2ccc(F)cc2F)CO1. The topological polar surface area (TPSA) is 48.6 Å². The number of amides is 1. The zero-order chi connectivity index (χ0) is 31.9. The zero-order valence-corrected chi connectivity index (χ0v) is 25.1. The lowest BCUT2D eigenvalue weighted by Gasteiger charge is -2.37. The predicted octanol–water partition coefficient (Wildman–Crippen LogP) is 6.46. The molecular formula is C32H31F6N3O3S. The first-order valence-corrected chi connectivity index (χ1v) is 15.5. The van der Waals surface area contributed by atoms with Gasteiger partial charge in [0, 0.05) is 54.9 Å². The van der Waals surface area contributed by atoms with E-state index in [1.54, 1.807) is 16.4 Å². The minimum atomic E-state index is -4.21. The number of epoxide rings is 1. The van der Waals surface area contributed by atoms with Crippen molar-refractivity contribution in [3.05, 3.63) is 89.5 Å². The van der Waals surface area contributed by atoms with Gasteiger partial charge in [-0.15, -0.1) is 0 Å². The van der Waals surface area contributed by atoms with Crippen molar-refractivity contribution < 1.29 is 40.6 Å². The number of anilines is 2. The summed E-state index contributed by atoms with van der Waals surface area (Å²) in [6, 6.07) is 17.3. The van der Waals surface area contributed by atoms with Crippen molar-refractivity contribution >= 4 is 29.2 Å². The molecule has 0 saturated carbocycles. The van der Waals surface area contributed by atoms with Gasteiger partial charge in [-0.2, -0.15) is 8.78 Å². The van der Waals surface area contributed by atoms with E-state index in [9.17, 15) is 31.1 Å². The van der Waals surface area contributed by atoms with Gasteiger partial charge in [-0.3, -0.25) is 9.10 Å². The standard InChI is InChI=1S/C32H31F6N3O3S/c1-20(31(18-44-31)27-11-4-22(33)16-28(27)34)41-29(42)26(17-45-41)21-2-5-23(6-3-21)39-12-14-40(15-13-39)24-7-9-25(10-8-24)43-19-32(37,38)30(35)36/h2-11,16,20,26,30H,12-15,17-19H2,1H3/t20-,26?,31-/m1/s1. The van der Waals surface area contributed by atoms with Crippen molar-refractivity contribution in [2.24, 2.45) is 0 Å². The first-order chi connectivity index (χ1) is 21.5. The molecule has 3 saturated heterocycles. The van der Waals surface area contributed by atoms with E-state index in [1.807, 2.05) is 31.2 Å². The predicted molar refractivity (Wildman–Crippen MR) is 159 cm³/mol. The first kappa shape index (κ1) is 31.4. The highest BCUT2D eigenvalue weighted by atomic mass is 32.2. The molecule has 0 aromatic heterocycles. The molecule has 0 spiro atoms. The normalized spacial score (nSPS) is 22.7. The van der Waals surface area contributed by atoms with Crippen molar-refractivity contribution in [3.8, 4) is 5.75 Å². The lowest BCUT2D eigenvalue weighted by atomic mass is 9.91. The van der Waals surface area contributed by atoms with Crippen molar-refractivity contribution in [3.63, 3.8) is 0 Å². The molecule has 45 heavy (non-hydrogen) atoms. The Morgan fingerprint density at radius 3 is 2.07 bits per heavy atom. The fourth-order valence-corrected chi connectivity index (χ4v) is 7.14. The van der Waals surface area contributed by atoms with Crippen LogP contribution >= 0.6 is 11.9 Å². The van der Waals surface area contributed by atoms with Crippen LogP contribution in [-0.4, -0.2) is 73.7 Å². The molecule has 3 aliphatic rings. The second-order valence-electron chi connectivity index (χ2n) is 11.4. The molecule has 0 radical (unpaired) electrons. The summed E-state index contributed by atoms with van der Waals surface area (Å²) in [6.45, 7) is 3.54. The van der Waals surface area contributed by atoms with E-state index in [2.05, 4.69) is 9.80 Å². The van der Waals surface area contributed by atoms with E-state index in [4.69, 9.17) is 9.47 Å². The summed E-state index contributed by atoms with van der Waals surface area (Å²) in [5.41, 5.74) is 2.03. The van der Waals surface area contributed by atoms with Crippen LogP contribution in [0, 0.1) is 11.6 Å². The second-order valence-corrected chi connectivity index (χ2v) is 12.4. The van der Waals surface area contributed by atoms with Crippen LogP contribution in [0.1, 0.15) is 24.0 Å². The number of piperazine rings is 1. The molecule has 1 unspecified atom stereocenters. The number of carbonyl (C=O) groups is 1. The molecular weight excluding hydrogens is 620 g/mol. The Balaban J connectivity index is 1.03. The molecule has 1 amide bonds. The van der Waals surface area contributed by atoms with Crippen LogP contribution in [-0.2, 0) is 15.1 Å². The lowest BCUT2D eigenvalue weighted by molar-refractivity contribution is -0.148. The maximum Gasteiger partial charge on any atom is 0.340 e. The maximum atomic E-state index is 14.6. The van der Waals surface area contributed by atoms with E-state index in [0.717, 1.165) is 36.1 Å². The first-order valence-electron chi connectivity index (χ1n) is 14.5. The van der Waals surface area contributed by atoms with Crippen molar-refractivity contribution in [2.75, 3.05) is 54.9 Å². The van der Waals surface area contributed by atoms with Crippen molar-refractivity contribution in [1.82, 2.24) is 4.31 Å². The van der Waals surface area contributed by atoms with Crippen LogP contribution in [0.4, 0.5) is 37.7 Å². The molecule has 3 aliphatic heterocycles. The Kier molecular flexibility index (Phi) is 8.59. The molecule has 6 nitrogen and oxygen atoms in total. The minimum Gasteiger partial charge on any atom is -0.487 e. The van der Waals surface area contributed by atoms with Gasteiger partial charge in [0.05, 0.1) is 18.6 Å². The molecule has 3 heterocycles. The van der Waals surface area contributed by atoms with E-state index in [-0.39, 0.29) is 29.7 Å². The number of hydrogen-bond donors (Lipinski definition) is 0. The Bertz CT molecular complexity index is 1520. The summed E-state index contributed by atoms with van der Waals surface area (Å²) in [5.74, 6) is -5.36. The summed E-state index contributed by atoms with van der Waals surface area (Å²) in [4.78, 5) is 17.9. The monoisotopic (exact) mass is 651 g/mol. The van der Waals surface area contributed by atoms with Crippen LogP contribution < -0.4 is 14.5 Å². The largest absolute Gasteiger partial charge is 0.487 e. The van der Waals surface area contributed by atoms with E-state index in [1.165, 1.54) is 36.2 Å². The average Bonchev–Trinajstić information content (AvgIpc) is 3.75. The molecule has 6 rings (SSSR count). The molecule has 240 valence electrons. The molecule has 13 heteroatoms. The Morgan fingerprint density at radius 1 is 0.956 bits per heavy atom. The summed E-state index contributed by atoms with van der Waals surface area (Å²) >= 11 is 1.39. The Labute approximate surface area is 261 Å². The van der Waals surface area contributed by atoms with Gasteiger partial charge in [-0.05, 0) is 66.9 Å². The minimum absolute atomic E-state index is 0.0783. The van der Waals surface area contributed by atoms with E-state index in [0.29, 0.717) is 18.8 Å². The van der Waals surface area contributed by atoms with Gasteiger partial charge in [-0.1, -0.05) is 18.2 Å². The summed E-state index contributed by atoms with van der Waals surface area (Å²) in [5, 5.41) is 0. The number of nitrogens with zero attached hydrogens (tertiary/aromatic N) is 3. The second kappa shape index (κ2) is 12.3. The number of benzene rings is 3. The zero-order valence-electron chi connectivity index (χ0n) is 24.3. The molecule has 3 aromatic carbocycles. The number of alkyl halides is 4. The van der Waals surface area contributed by atoms with Gasteiger partial charge in [-0.25, -0.2) is 17.6 Å². The van der Waals surface area contributed by atoms with Gasteiger partial charge in [0.1, 0.15) is 23.0 Å². The fourth-order valence-electron chi connectivity index (χ4n) is 5.84. The van der Waals surface area contributed by atoms with Crippen LogP contribution in [0.25, 0.3) is 0 Å². The van der Waals surface area contributed by atoms with Crippen molar-refractivity contribution in [2.45, 2.75) is 36.8 Å². The summed E-state index contributed by atoms with van der Waals surface area (Å²) in [6.07, 6.45) is -3.79. The third-order valence-electron chi connectivity index (χ3n) is 8.66. The summed E-state index contributed by atoms with van der Waals surface area (Å²) < 4.78 is 91.2. The highest BCUT2D eigenvalue weighted by Gasteiger charge is 2.57. The van der Waals surface area contributed by atoms with Gasteiger partial charge in [0.2, 0.25) is 5.91 Å². The lowest BCUT2D eigenvalue weighted by Crippen LogP contribution is -2.46. The van der Waals surface area contributed by atoms with Crippen LogP contribution in [0.3, 0.4) is 0 Å². The summed E-state index contributed by atoms with van der Waals surface area (Å²) in [7, 11) is 0. The fraction of sp³-hybridized carbons (Fsp3) is 0.406. The third-order valence-corrected chi connectivity index (χ3v) is 9.91. The van der Waals surface area contributed by atoms with Crippen LogP contribution in [0.15, 0.2) is 66.7 Å². The number of ether oxygens (including phenoxy) is 2. The van der Waals surface area contributed by atoms with Crippen LogP contribution in [0.2, 0.25) is 0 Å². The molecule has 3 atom stereocenters. The van der Waals surface area contributed by atoms with Gasteiger partial charge >= 0.3 is 12.3 Å². The van der Waals surface area contributed by atoms with E-state index < -0.39 is 42.2 Å². The number of halogens is 6. The van der Waals surface area contributed by atoms with Gasteiger partial charge < -0.3 is 19.3 Å². The smallest absolute Gasteiger partial charge is 0.340 e. The molecule has 0 N–H and O–H groups in total. The Hall–Kier alpha value is -3.58. The highest BCUT2D eigenvalue weighted by Crippen LogP contribution is 2.49. The van der Waals surface area contributed by atoms with Crippen LogP contribution in [0.5, 0.6) is 5.75 Å². The molecule has 3 aromatic rings. The number of rotatable bonds is 10. The molecule has 0 bridgehead atoms. The van der Waals surface area contributed by atoms with E-state index >= 15 is 0 Å². The average molecular weight is 652 g/mol. The molecule has 3 fully saturated rings. The number of hydrogen-bond acceptors (Lipinski definition) is 6. The molecule has 0 aliphatic carbocycles. The van der Waals surface area contributed by atoms with Gasteiger partial charge in [0.15, 0.2) is 6.61 Å². The quantitative estimate of drug-likeness (QED) is 0.143. The third kappa shape index (κ3) is 6.29. The van der Waals surface area contributed by atoms with Gasteiger partial charge in [0.25, 0.3) is 0 Å². The number of carbonyl (C=O) groups excluding carboxylic acids is 1. The Morgan fingerprint density at radius 2 is 1.53 bits per heavy atom. The maximum absolute atomic E-state index is 14.6.